The molecule has 0 saturated carbocycles. The summed E-state index contributed by atoms with van der Waals surface area (Å²) in [6.07, 6.45) is 2.00. The zero-order valence-electron chi connectivity index (χ0n) is 12.3. The van der Waals surface area contributed by atoms with Crippen LogP contribution in [0, 0.1) is 0 Å². The molecule has 1 heterocycles. The van der Waals surface area contributed by atoms with E-state index in [0.717, 1.165) is 22.0 Å². The number of H-pyrrole nitrogens is 1. The van der Waals surface area contributed by atoms with Gasteiger partial charge in [0.25, 0.3) is 0 Å². The van der Waals surface area contributed by atoms with Gasteiger partial charge in [0.2, 0.25) is 5.91 Å². The van der Waals surface area contributed by atoms with Crippen LogP contribution >= 0.6 is 11.6 Å². The minimum atomic E-state index is -0.0445. The molecule has 3 aromatic rings. The third-order valence-corrected chi connectivity index (χ3v) is 4.18. The minimum Gasteiger partial charge on any atom is -0.361 e. The maximum absolute atomic E-state index is 11.3. The highest BCUT2D eigenvalue weighted by Crippen LogP contribution is 2.33. The first-order valence-corrected chi connectivity index (χ1v) is 7.59. The van der Waals surface area contributed by atoms with Crippen LogP contribution in [-0.4, -0.2) is 17.4 Å². The van der Waals surface area contributed by atoms with Crippen molar-refractivity contribution >= 4 is 28.4 Å². The number of carbonyl (C=O) groups is 1. The Morgan fingerprint density at radius 2 is 1.86 bits per heavy atom. The average Bonchev–Trinajstić information content (AvgIpc) is 2.93. The molecule has 0 aliphatic heterocycles. The van der Waals surface area contributed by atoms with Gasteiger partial charge in [0.15, 0.2) is 0 Å². The average molecular weight is 313 g/mol. The number of fused-ring (bicyclic) bond motifs is 1. The molecule has 3 nitrogen and oxygen atoms in total. The fraction of sp³-hybridized carbons (Fsp3) is 0.167. The predicted molar refractivity (Wildman–Crippen MR) is 90.3 cm³/mol. The largest absolute Gasteiger partial charge is 0.361 e. The molecule has 3 rings (SSSR count). The van der Waals surface area contributed by atoms with E-state index in [0.29, 0.717) is 11.6 Å². The molecule has 4 heteroatoms. The first kappa shape index (κ1) is 14.7. The van der Waals surface area contributed by atoms with Crippen molar-refractivity contribution in [2.24, 2.45) is 0 Å². The Kier molecular flexibility index (Phi) is 4.16. The van der Waals surface area contributed by atoms with E-state index in [1.165, 1.54) is 6.92 Å². The summed E-state index contributed by atoms with van der Waals surface area (Å²) in [7, 11) is 0. The zero-order valence-corrected chi connectivity index (χ0v) is 13.0. The Balaban J connectivity index is 2.09. The summed E-state index contributed by atoms with van der Waals surface area (Å²) in [4.78, 5) is 14.6. The maximum atomic E-state index is 11.3. The van der Waals surface area contributed by atoms with Gasteiger partial charge in [-0.05, 0) is 23.3 Å². The number of nitrogens with one attached hydrogen (secondary N) is 2. The molecular formula is C18H17ClN2O. The maximum Gasteiger partial charge on any atom is 0.216 e. The highest BCUT2D eigenvalue weighted by molar-refractivity contribution is 6.31. The molecule has 2 N–H and O–H groups in total. The van der Waals surface area contributed by atoms with Crippen LogP contribution in [0.4, 0.5) is 0 Å². The molecule has 0 fully saturated rings. The highest BCUT2D eigenvalue weighted by Gasteiger charge is 2.20. The van der Waals surface area contributed by atoms with Crippen molar-refractivity contribution in [2.75, 3.05) is 6.54 Å². The molecule has 1 amide bonds. The molecule has 0 bridgehead atoms. The Morgan fingerprint density at radius 3 is 2.64 bits per heavy atom. The van der Waals surface area contributed by atoms with E-state index >= 15 is 0 Å². The number of rotatable bonds is 4. The van der Waals surface area contributed by atoms with Gasteiger partial charge in [-0.25, -0.2) is 0 Å². The summed E-state index contributed by atoms with van der Waals surface area (Å²) < 4.78 is 0. The Labute approximate surface area is 134 Å². The Bertz CT molecular complexity index is 809. The number of hydrogen-bond acceptors (Lipinski definition) is 1. The predicted octanol–water partition coefficient (Wildman–Crippen LogP) is 4.09. The molecule has 0 unspecified atom stereocenters. The van der Waals surface area contributed by atoms with E-state index in [4.69, 9.17) is 11.6 Å². The lowest BCUT2D eigenvalue weighted by atomic mass is 9.91. The summed E-state index contributed by atoms with van der Waals surface area (Å²) in [5.74, 6) is -0.0364. The molecular weight excluding hydrogens is 296 g/mol. The van der Waals surface area contributed by atoms with Crippen molar-refractivity contribution in [1.29, 1.82) is 0 Å². The van der Waals surface area contributed by atoms with Crippen LogP contribution in [0.15, 0.2) is 54.7 Å². The number of benzene rings is 2. The van der Waals surface area contributed by atoms with E-state index in [9.17, 15) is 4.79 Å². The van der Waals surface area contributed by atoms with E-state index < -0.39 is 0 Å². The van der Waals surface area contributed by atoms with Crippen LogP contribution < -0.4 is 5.32 Å². The van der Waals surface area contributed by atoms with Crippen LogP contribution in [0.5, 0.6) is 0 Å². The van der Waals surface area contributed by atoms with Gasteiger partial charge in [-0.3, -0.25) is 4.79 Å². The molecule has 0 aliphatic rings. The molecule has 0 saturated heterocycles. The number of para-hydroxylation sites is 1. The van der Waals surface area contributed by atoms with Gasteiger partial charge in [0.1, 0.15) is 0 Å². The molecule has 0 aliphatic carbocycles. The van der Waals surface area contributed by atoms with E-state index in [1.54, 1.807) is 0 Å². The van der Waals surface area contributed by atoms with Crippen LogP contribution in [0.2, 0.25) is 5.02 Å². The number of hydrogen-bond donors (Lipinski definition) is 2. The highest BCUT2D eigenvalue weighted by atomic mass is 35.5. The third kappa shape index (κ3) is 2.85. The summed E-state index contributed by atoms with van der Waals surface area (Å²) in [5.41, 5.74) is 3.23. The number of halogens is 1. The Morgan fingerprint density at radius 1 is 1.14 bits per heavy atom. The van der Waals surface area contributed by atoms with Crippen LogP contribution in [0.1, 0.15) is 24.0 Å². The second kappa shape index (κ2) is 6.24. The molecule has 22 heavy (non-hydrogen) atoms. The van der Waals surface area contributed by atoms with Crippen molar-refractivity contribution in [3.63, 3.8) is 0 Å². The molecule has 0 spiro atoms. The second-order valence-corrected chi connectivity index (χ2v) is 5.71. The minimum absolute atomic E-state index is 0.00810. The van der Waals surface area contributed by atoms with Crippen LogP contribution in [0.25, 0.3) is 10.9 Å². The van der Waals surface area contributed by atoms with Gasteiger partial charge >= 0.3 is 0 Å². The van der Waals surface area contributed by atoms with E-state index in [2.05, 4.69) is 16.4 Å². The lowest BCUT2D eigenvalue weighted by molar-refractivity contribution is -0.118. The van der Waals surface area contributed by atoms with Crippen molar-refractivity contribution in [1.82, 2.24) is 10.3 Å². The van der Waals surface area contributed by atoms with E-state index in [-0.39, 0.29) is 11.8 Å². The monoisotopic (exact) mass is 312 g/mol. The van der Waals surface area contributed by atoms with Gasteiger partial charge in [-0.2, -0.15) is 0 Å². The molecule has 2 aromatic carbocycles. The molecule has 1 aromatic heterocycles. The van der Waals surface area contributed by atoms with Gasteiger partial charge in [-0.1, -0.05) is 48.0 Å². The summed E-state index contributed by atoms with van der Waals surface area (Å²) in [6.45, 7) is 2.04. The molecule has 1 atom stereocenters. The summed E-state index contributed by atoms with van der Waals surface area (Å²) in [6, 6.07) is 15.9. The van der Waals surface area contributed by atoms with Crippen molar-refractivity contribution in [2.45, 2.75) is 12.8 Å². The summed E-state index contributed by atoms with van der Waals surface area (Å²) in [5, 5.41) is 4.77. The lowest BCUT2D eigenvalue weighted by Crippen LogP contribution is -2.26. The number of aromatic nitrogens is 1. The molecule has 112 valence electrons. The first-order valence-electron chi connectivity index (χ1n) is 7.21. The van der Waals surface area contributed by atoms with Crippen molar-refractivity contribution in [3.05, 3.63) is 70.9 Å². The normalized spacial score (nSPS) is 12.3. The zero-order chi connectivity index (χ0) is 15.5. The van der Waals surface area contributed by atoms with Crippen molar-refractivity contribution < 1.29 is 4.79 Å². The topological polar surface area (TPSA) is 44.9 Å². The van der Waals surface area contributed by atoms with E-state index in [1.807, 2.05) is 48.7 Å². The quantitative estimate of drug-likeness (QED) is 0.749. The fourth-order valence-electron chi connectivity index (χ4n) is 2.77. The van der Waals surface area contributed by atoms with Crippen molar-refractivity contribution in [3.8, 4) is 0 Å². The summed E-state index contributed by atoms with van der Waals surface area (Å²) >= 11 is 6.38. The fourth-order valence-corrected chi connectivity index (χ4v) is 3.04. The lowest BCUT2D eigenvalue weighted by Gasteiger charge is -2.19. The smallest absolute Gasteiger partial charge is 0.216 e. The van der Waals surface area contributed by atoms with Crippen LogP contribution in [0.3, 0.4) is 0 Å². The third-order valence-electron chi connectivity index (χ3n) is 3.83. The number of amides is 1. The van der Waals surface area contributed by atoms with Gasteiger partial charge in [0, 0.05) is 41.5 Å². The number of aromatic amines is 1. The SMILES string of the molecule is CC(=O)NC[C@H](c1ccccc1Cl)c1c[nH]c2ccccc12. The standard InChI is InChI=1S/C18H17ClN2O/c1-12(22)20-10-15(13-6-2-4-8-17(13)19)16-11-21-18-9-5-3-7-14(16)18/h2-9,11,15,21H,10H2,1H3,(H,20,22)/t15-/m1/s1. The molecule has 0 radical (unpaired) electrons. The van der Waals surface area contributed by atoms with Gasteiger partial charge < -0.3 is 10.3 Å². The first-order chi connectivity index (χ1) is 10.7. The van der Waals surface area contributed by atoms with Crippen LogP contribution in [-0.2, 0) is 4.79 Å². The second-order valence-electron chi connectivity index (χ2n) is 5.30. The van der Waals surface area contributed by atoms with Gasteiger partial charge in [0.05, 0.1) is 0 Å². The van der Waals surface area contributed by atoms with Gasteiger partial charge in [-0.15, -0.1) is 0 Å². The number of carbonyl (C=O) groups excluding carboxylic acids is 1. The Hall–Kier alpha value is -2.26.